The van der Waals surface area contributed by atoms with Crippen LogP contribution in [0.4, 0.5) is 5.82 Å². The van der Waals surface area contributed by atoms with Gasteiger partial charge in [-0.3, -0.25) is 0 Å². The molecule has 3 rings (SSSR count). The maximum absolute atomic E-state index is 4.36. The normalized spacial score (nSPS) is 17.0. The van der Waals surface area contributed by atoms with Gasteiger partial charge in [0, 0.05) is 19.3 Å². The summed E-state index contributed by atoms with van der Waals surface area (Å²) >= 11 is 0. The average Bonchev–Trinajstić information content (AvgIpc) is 2.64. The number of aromatic nitrogens is 3. The van der Waals surface area contributed by atoms with Crippen molar-refractivity contribution in [2.75, 3.05) is 18.0 Å². The largest absolute Gasteiger partial charge is 0.355 e. The maximum Gasteiger partial charge on any atom is 0.142 e. The summed E-state index contributed by atoms with van der Waals surface area (Å²) in [6.45, 7) is 4.51. The third-order valence-corrected chi connectivity index (χ3v) is 3.17. The highest BCUT2D eigenvalue weighted by Gasteiger charge is 2.27. The summed E-state index contributed by atoms with van der Waals surface area (Å²) in [4.78, 5) is 14.0. The van der Waals surface area contributed by atoms with Crippen molar-refractivity contribution in [3.05, 3.63) is 18.6 Å². The van der Waals surface area contributed by atoms with Crippen molar-refractivity contribution in [1.82, 2.24) is 15.0 Å². The van der Waals surface area contributed by atoms with Crippen LogP contribution >= 0.6 is 0 Å². The quantitative estimate of drug-likeness (QED) is 0.807. The fourth-order valence-electron chi connectivity index (χ4n) is 2.11. The third-order valence-electron chi connectivity index (χ3n) is 3.17. The second kappa shape index (κ2) is 3.22. The molecule has 0 bridgehead atoms. The van der Waals surface area contributed by atoms with E-state index in [1.807, 2.05) is 12.3 Å². The molecule has 4 heteroatoms. The van der Waals surface area contributed by atoms with Gasteiger partial charge in [-0.05, 0) is 18.4 Å². The predicted octanol–water partition coefficient (Wildman–Crippen LogP) is 1.80. The van der Waals surface area contributed by atoms with Crippen LogP contribution in [-0.4, -0.2) is 28.0 Å². The SMILES string of the molecule is CCC1CN(c2ncnc3[nH]ccc23)C1. The topological polar surface area (TPSA) is 44.8 Å². The summed E-state index contributed by atoms with van der Waals surface area (Å²) in [7, 11) is 0. The lowest BCUT2D eigenvalue weighted by Gasteiger charge is -2.39. The molecule has 0 aliphatic carbocycles. The summed E-state index contributed by atoms with van der Waals surface area (Å²) in [5.74, 6) is 1.92. The summed E-state index contributed by atoms with van der Waals surface area (Å²) < 4.78 is 0. The first kappa shape index (κ1) is 8.71. The van der Waals surface area contributed by atoms with Gasteiger partial charge < -0.3 is 9.88 Å². The molecule has 0 atom stereocenters. The van der Waals surface area contributed by atoms with E-state index in [0.717, 1.165) is 35.9 Å². The number of rotatable bonds is 2. The van der Waals surface area contributed by atoms with Crippen LogP contribution < -0.4 is 4.90 Å². The Morgan fingerprint density at radius 1 is 1.47 bits per heavy atom. The zero-order valence-corrected chi connectivity index (χ0v) is 8.77. The zero-order valence-electron chi connectivity index (χ0n) is 8.77. The number of nitrogens with zero attached hydrogens (tertiary/aromatic N) is 3. The van der Waals surface area contributed by atoms with Crippen molar-refractivity contribution in [3.8, 4) is 0 Å². The van der Waals surface area contributed by atoms with Crippen molar-refractivity contribution in [2.24, 2.45) is 5.92 Å². The highest BCUT2D eigenvalue weighted by atomic mass is 15.2. The lowest BCUT2D eigenvalue weighted by molar-refractivity contribution is 0.397. The van der Waals surface area contributed by atoms with Gasteiger partial charge in [-0.1, -0.05) is 6.92 Å². The minimum Gasteiger partial charge on any atom is -0.355 e. The molecule has 78 valence electrons. The second-order valence-electron chi connectivity index (χ2n) is 4.12. The van der Waals surface area contributed by atoms with Gasteiger partial charge in [-0.25, -0.2) is 9.97 Å². The molecule has 15 heavy (non-hydrogen) atoms. The van der Waals surface area contributed by atoms with E-state index >= 15 is 0 Å². The van der Waals surface area contributed by atoms with Gasteiger partial charge in [-0.15, -0.1) is 0 Å². The molecule has 1 aliphatic heterocycles. The van der Waals surface area contributed by atoms with Gasteiger partial charge in [0.25, 0.3) is 0 Å². The first-order chi connectivity index (χ1) is 7.38. The Kier molecular flexibility index (Phi) is 1.87. The van der Waals surface area contributed by atoms with E-state index in [9.17, 15) is 0 Å². The molecule has 1 fully saturated rings. The standard InChI is InChI=1S/C11H14N4/c1-2-8-5-15(6-8)11-9-3-4-12-10(9)13-7-14-11/h3-4,7-8H,2,5-6H2,1H3,(H,12,13,14). The van der Waals surface area contributed by atoms with Gasteiger partial charge in [0.2, 0.25) is 0 Å². The van der Waals surface area contributed by atoms with Crippen LogP contribution in [0.25, 0.3) is 11.0 Å². The number of H-pyrrole nitrogens is 1. The van der Waals surface area contributed by atoms with Crippen molar-refractivity contribution in [2.45, 2.75) is 13.3 Å². The van der Waals surface area contributed by atoms with Crippen LogP contribution in [0.15, 0.2) is 18.6 Å². The molecule has 4 nitrogen and oxygen atoms in total. The number of hydrogen-bond donors (Lipinski definition) is 1. The fraction of sp³-hybridized carbons (Fsp3) is 0.455. The highest BCUT2D eigenvalue weighted by Crippen LogP contribution is 2.29. The van der Waals surface area contributed by atoms with Crippen molar-refractivity contribution < 1.29 is 0 Å². The van der Waals surface area contributed by atoms with Crippen molar-refractivity contribution in [3.63, 3.8) is 0 Å². The Morgan fingerprint density at radius 3 is 3.13 bits per heavy atom. The van der Waals surface area contributed by atoms with Crippen LogP contribution in [0, 0.1) is 5.92 Å². The molecule has 0 amide bonds. The molecular formula is C11H14N4. The third kappa shape index (κ3) is 1.28. The van der Waals surface area contributed by atoms with E-state index in [1.165, 1.54) is 6.42 Å². The highest BCUT2D eigenvalue weighted by molar-refractivity contribution is 5.87. The molecule has 1 saturated heterocycles. The minimum absolute atomic E-state index is 0.842. The molecule has 2 aromatic rings. The number of nitrogens with one attached hydrogen (secondary N) is 1. The molecule has 1 aliphatic rings. The van der Waals surface area contributed by atoms with Gasteiger partial charge >= 0.3 is 0 Å². The Morgan fingerprint density at radius 2 is 2.33 bits per heavy atom. The molecule has 0 unspecified atom stereocenters. The van der Waals surface area contributed by atoms with Crippen LogP contribution in [0.1, 0.15) is 13.3 Å². The van der Waals surface area contributed by atoms with Crippen LogP contribution in [0.2, 0.25) is 0 Å². The Balaban J connectivity index is 1.95. The first-order valence-electron chi connectivity index (χ1n) is 5.41. The van der Waals surface area contributed by atoms with Gasteiger partial charge in [0.1, 0.15) is 17.8 Å². The first-order valence-corrected chi connectivity index (χ1v) is 5.41. The van der Waals surface area contributed by atoms with E-state index in [2.05, 4.69) is 26.8 Å². The smallest absolute Gasteiger partial charge is 0.142 e. The molecular weight excluding hydrogens is 188 g/mol. The fourth-order valence-corrected chi connectivity index (χ4v) is 2.11. The lowest BCUT2D eigenvalue weighted by Crippen LogP contribution is -2.46. The second-order valence-corrected chi connectivity index (χ2v) is 4.12. The van der Waals surface area contributed by atoms with E-state index < -0.39 is 0 Å². The van der Waals surface area contributed by atoms with Crippen LogP contribution in [0.3, 0.4) is 0 Å². The number of fused-ring (bicyclic) bond motifs is 1. The summed E-state index contributed by atoms with van der Waals surface area (Å²) in [5.41, 5.74) is 0.931. The Hall–Kier alpha value is -1.58. The molecule has 0 aromatic carbocycles. The predicted molar refractivity (Wildman–Crippen MR) is 59.9 cm³/mol. The maximum atomic E-state index is 4.36. The average molecular weight is 202 g/mol. The Bertz CT molecular complexity index is 470. The molecule has 3 heterocycles. The molecule has 0 spiro atoms. The summed E-state index contributed by atoms with van der Waals surface area (Å²) in [6.07, 6.45) is 4.81. The van der Waals surface area contributed by atoms with Crippen molar-refractivity contribution in [1.29, 1.82) is 0 Å². The van der Waals surface area contributed by atoms with Gasteiger partial charge in [0.15, 0.2) is 0 Å². The minimum atomic E-state index is 0.842. The van der Waals surface area contributed by atoms with Gasteiger partial charge in [0.05, 0.1) is 5.39 Å². The van der Waals surface area contributed by atoms with E-state index in [-0.39, 0.29) is 0 Å². The zero-order chi connectivity index (χ0) is 10.3. The summed E-state index contributed by atoms with van der Waals surface area (Å²) in [5, 5.41) is 1.13. The van der Waals surface area contributed by atoms with E-state index in [0.29, 0.717) is 0 Å². The van der Waals surface area contributed by atoms with Crippen LogP contribution in [0.5, 0.6) is 0 Å². The number of aromatic amines is 1. The number of anilines is 1. The molecule has 1 N–H and O–H groups in total. The van der Waals surface area contributed by atoms with E-state index in [1.54, 1.807) is 6.33 Å². The number of hydrogen-bond acceptors (Lipinski definition) is 3. The monoisotopic (exact) mass is 202 g/mol. The van der Waals surface area contributed by atoms with Crippen molar-refractivity contribution >= 4 is 16.9 Å². The Labute approximate surface area is 88.3 Å². The summed E-state index contributed by atoms with van der Waals surface area (Å²) in [6, 6.07) is 2.05. The van der Waals surface area contributed by atoms with Gasteiger partial charge in [-0.2, -0.15) is 0 Å². The lowest BCUT2D eigenvalue weighted by atomic mass is 9.97. The molecule has 2 aromatic heterocycles. The molecule has 0 saturated carbocycles. The van der Waals surface area contributed by atoms with Crippen LogP contribution in [-0.2, 0) is 0 Å². The molecule has 0 radical (unpaired) electrons. The van der Waals surface area contributed by atoms with E-state index in [4.69, 9.17) is 0 Å².